The lowest BCUT2D eigenvalue weighted by Gasteiger charge is -2.17. The maximum atomic E-state index is 12.6. The third-order valence-electron chi connectivity index (χ3n) is 3.28. The Labute approximate surface area is 135 Å². The summed E-state index contributed by atoms with van der Waals surface area (Å²) in [4.78, 5) is 0.313. The minimum atomic E-state index is -3.43. The van der Waals surface area contributed by atoms with Gasteiger partial charge in [-0.25, -0.2) is 8.42 Å². The van der Waals surface area contributed by atoms with Gasteiger partial charge in [0.05, 0.1) is 4.90 Å². The smallest absolute Gasteiger partial charge is 0.207 e. The van der Waals surface area contributed by atoms with E-state index in [1.54, 1.807) is 16.4 Å². The fraction of sp³-hybridized carbons (Fsp3) is 0.500. The molecule has 1 atom stereocenters. The molecule has 0 aliphatic carbocycles. The Morgan fingerprint density at radius 3 is 2.79 bits per heavy atom. The molecule has 1 aromatic rings. The number of halogens is 3. The van der Waals surface area contributed by atoms with E-state index in [-0.39, 0.29) is 0 Å². The molecule has 7 heteroatoms. The van der Waals surface area contributed by atoms with Gasteiger partial charge in [-0.1, -0.05) is 15.9 Å². The van der Waals surface area contributed by atoms with E-state index in [9.17, 15) is 8.42 Å². The summed E-state index contributed by atoms with van der Waals surface area (Å²) in [6, 6.07) is 5.18. The summed E-state index contributed by atoms with van der Waals surface area (Å²) in [5, 5.41) is 0. The molecule has 3 nitrogen and oxygen atoms in total. The molecule has 0 spiro atoms. The Balaban J connectivity index is 2.26. The number of nitrogens with zero attached hydrogens (tertiary/aromatic N) is 1. The molecule has 2 rings (SSSR count). The highest BCUT2D eigenvalue weighted by Gasteiger charge is 2.33. The van der Waals surface area contributed by atoms with Gasteiger partial charge in [0.25, 0.3) is 0 Å². The second-order valence-corrected chi connectivity index (χ2v) is 8.62. The molecule has 1 aromatic carbocycles. The van der Waals surface area contributed by atoms with Gasteiger partial charge in [0.1, 0.15) is 0 Å². The lowest BCUT2D eigenvalue weighted by Crippen LogP contribution is -2.29. The van der Waals surface area contributed by atoms with Crippen LogP contribution in [0.15, 0.2) is 32.0 Å². The van der Waals surface area contributed by atoms with Crippen LogP contribution in [0.5, 0.6) is 0 Å². The van der Waals surface area contributed by atoms with Crippen LogP contribution >= 0.6 is 43.5 Å². The fourth-order valence-corrected chi connectivity index (χ4v) is 5.52. The second-order valence-electron chi connectivity index (χ2n) is 4.57. The average Bonchev–Trinajstić information content (AvgIpc) is 2.82. The molecule has 1 fully saturated rings. The van der Waals surface area contributed by atoms with E-state index in [0.29, 0.717) is 34.3 Å². The van der Waals surface area contributed by atoms with E-state index in [4.69, 9.17) is 11.6 Å². The van der Waals surface area contributed by atoms with Crippen LogP contribution in [0.4, 0.5) is 0 Å². The normalized spacial score (nSPS) is 20.9. The molecule has 1 saturated heterocycles. The molecule has 106 valence electrons. The first kappa shape index (κ1) is 15.8. The van der Waals surface area contributed by atoms with Crippen molar-refractivity contribution in [3.63, 3.8) is 0 Å². The first-order valence-corrected chi connectivity index (χ1v) is 9.52. The van der Waals surface area contributed by atoms with Crippen LogP contribution in [0.1, 0.15) is 12.8 Å². The molecule has 1 aliphatic heterocycles. The predicted molar refractivity (Wildman–Crippen MR) is 84.0 cm³/mol. The lowest BCUT2D eigenvalue weighted by molar-refractivity contribution is 0.453. The standard InChI is InChI=1S/C12H14Br2ClNO2S/c13-10-1-2-11(14)12(7-10)19(17,18)16-6-4-9(8-16)3-5-15/h1-2,7,9H,3-6,8H2. The van der Waals surface area contributed by atoms with Gasteiger partial charge in [-0.3, -0.25) is 0 Å². The fourth-order valence-electron chi connectivity index (χ4n) is 2.22. The van der Waals surface area contributed by atoms with E-state index in [2.05, 4.69) is 31.9 Å². The van der Waals surface area contributed by atoms with Crippen LogP contribution in [-0.4, -0.2) is 31.7 Å². The van der Waals surface area contributed by atoms with Gasteiger partial charge in [0, 0.05) is 27.9 Å². The maximum absolute atomic E-state index is 12.6. The van der Waals surface area contributed by atoms with Crippen molar-refractivity contribution in [1.82, 2.24) is 4.31 Å². The predicted octanol–water partition coefficient (Wildman–Crippen LogP) is 3.85. The van der Waals surface area contributed by atoms with Crippen molar-refractivity contribution in [2.75, 3.05) is 19.0 Å². The average molecular weight is 432 g/mol. The van der Waals surface area contributed by atoms with Gasteiger partial charge in [0.2, 0.25) is 10.0 Å². The van der Waals surface area contributed by atoms with Crippen LogP contribution in [0.3, 0.4) is 0 Å². The summed E-state index contributed by atoms with van der Waals surface area (Å²) in [6.45, 7) is 1.14. The molecule has 0 bridgehead atoms. The third-order valence-corrected chi connectivity index (χ3v) is 6.85. The first-order chi connectivity index (χ1) is 8.95. The minimum absolute atomic E-state index is 0.313. The maximum Gasteiger partial charge on any atom is 0.244 e. The van der Waals surface area contributed by atoms with E-state index >= 15 is 0 Å². The van der Waals surface area contributed by atoms with Crippen LogP contribution < -0.4 is 0 Å². The zero-order chi connectivity index (χ0) is 14.0. The van der Waals surface area contributed by atoms with E-state index in [0.717, 1.165) is 17.3 Å². The topological polar surface area (TPSA) is 37.4 Å². The summed E-state index contributed by atoms with van der Waals surface area (Å²) in [7, 11) is -3.43. The molecular weight excluding hydrogens is 417 g/mol. The third kappa shape index (κ3) is 3.53. The molecule has 0 saturated carbocycles. The van der Waals surface area contributed by atoms with E-state index in [1.807, 2.05) is 6.07 Å². The highest BCUT2D eigenvalue weighted by Crippen LogP contribution is 2.31. The summed E-state index contributed by atoms with van der Waals surface area (Å²) in [5.41, 5.74) is 0. The van der Waals surface area contributed by atoms with Crippen molar-refractivity contribution in [2.24, 2.45) is 5.92 Å². The van der Waals surface area contributed by atoms with Crippen molar-refractivity contribution >= 4 is 53.5 Å². The number of benzene rings is 1. The largest absolute Gasteiger partial charge is 0.244 e. The van der Waals surface area contributed by atoms with Gasteiger partial charge in [-0.05, 0) is 52.9 Å². The van der Waals surface area contributed by atoms with E-state index in [1.165, 1.54) is 0 Å². The van der Waals surface area contributed by atoms with Gasteiger partial charge < -0.3 is 0 Å². The summed E-state index contributed by atoms with van der Waals surface area (Å²) >= 11 is 12.3. The van der Waals surface area contributed by atoms with Crippen molar-refractivity contribution in [2.45, 2.75) is 17.7 Å². The number of hydrogen-bond acceptors (Lipinski definition) is 2. The SMILES string of the molecule is O=S(=O)(c1cc(Br)ccc1Br)N1CCC(CCCl)C1. The van der Waals surface area contributed by atoms with Crippen molar-refractivity contribution in [3.8, 4) is 0 Å². The zero-order valence-electron chi connectivity index (χ0n) is 10.2. The molecule has 0 amide bonds. The van der Waals surface area contributed by atoms with Crippen molar-refractivity contribution in [3.05, 3.63) is 27.1 Å². The summed E-state index contributed by atoms with van der Waals surface area (Å²) in [6.07, 6.45) is 1.75. The molecule has 19 heavy (non-hydrogen) atoms. The quantitative estimate of drug-likeness (QED) is 0.679. The first-order valence-electron chi connectivity index (χ1n) is 5.96. The van der Waals surface area contributed by atoms with Gasteiger partial charge >= 0.3 is 0 Å². The van der Waals surface area contributed by atoms with Crippen LogP contribution in [0, 0.1) is 5.92 Å². The van der Waals surface area contributed by atoms with Gasteiger partial charge in [-0.2, -0.15) is 4.31 Å². The zero-order valence-corrected chi connectivity index (χ0v) is 14.9. The Hall–Kier alpha value is 0.380. The molecule has 0 aromatic heterocycles. The highest BCUT2D eigenvalue weighted by atomic mass is 79.9. The molecule has 1 unspecified atom stereocenters. The van der Waals surface area contributed by atoms with Crippen LogP contribution in [0.25, 0.3) is 0 Å². The number of rotatable bonds is 4. The molecule has 1 heterocycles. The van der Waals surface area contributed by atoms with Crippen molar-refractivity contribution < 1.29 is 8.42 Å². The Kier molecular flexibility index (Phi) is 5.34. The monoisotopic (exact) mass is 429 g/mol. The lowest BCUT2D eigenvalue weighted by atomic mass is 10.1. The Morgan fingerprint density at radius 2 is 2.11 bits per heavy atom. The van der Waals surface area contributed by atoms with Crippen LogP contribution in [0.2, 0.25) is 0 Å². The summed E-state index contributed by atoms with van der Waals surface area (Å²) < 4.78 is 28.1. The van der Waals surface area contributed by atoms with Gasteiger partial charge in [0.15, 0.2) is 0 Å². The molecule has 0 N–H and O–H groups in total. The Bertz CT molecular complexity index is 565. The molecular formula is C12H14Br2ClNO2S. The van der Waals surface area contributed by atoms with Gasteiger partial charge in [-0.15, -0.1) is 11.6 Å². The number of hydrogen-bond donors (Lipinski definition) is 0. The summed E-state index contributed by atoms with van der Waals surface area (Å²) in [5.74, 6) is 0.956. The molecule has 1 aliphatic rings. The minimum Gasteiger partial charge on any atom is -0.207 e. The van der Waals surface area contributed by atoms with Crippen LogP contribution in [-0.2, 0) is 10.0 Å². The molecule has 0 radical (unpaired) electrons. The highest BCUT2D eigenvalue weighted by molar-refractivity contribution is 9.11. The van der Waals surface area contributed by atoms with Crippen molar-refractivity contribution in [1.29, 1.82) is 0 Å². The number of alkyl halides is 1. The second kappa shape index (κ2) is 6.43. The number of sulfonamides is 1. The Morgan fingerprint density at radius 1 is 1.37 bits per heavy atom. The van der Waals surface area contributed by atoms with E-state index < -0.39 is 10.0 Å².